The first-order valence-corrected chi connectivity index (χ1v) is 8.35. The third-order valence-electron chi connectivity index (χ3n) is 3.51. The lowest BCUT2D eigenvalue weighted by molar-refractivity contribution is 0.0599. The van der Waals surface area contributed by atoms with E-state index in [1.165, 1.54) is 7.11 Å². The van der Waals surface area contributed by atoms with Crippen molar-refractivity contribution in [2.45, 2.75) is 13.5 Å². The molecule has 0 aliphatic rings. The van der Waals surface area contributed by atoms with Crippen molar-refractivity contribution in [3.8, 4) is 10.6 Å². The molecule has 0 spiro atoms. The van der Waals surface area contributed by atoms with E-state index in [2.05, 4.69) is 15.3 Å². The van der Waals surface area contributed by atoms with Crippen molar-refractivity contribution < 1.29 is 9.53 Å². The number of pyridine rings is 1. The number of methoxy groups -OCH3 is 1. The topological polar surface area (TPSA) is 64.1 Å². The van der Waals surface area contributed by atoms with Gasteiger partial charge in [-0.05, 0) is 19.1 Å². The minimum absolute atomic E-state index is 0.376. The first-order valence-electron chi connectivity index (χ1n) is 7.47. The van der Waals surface area contributed by atoms with Crippen LogP contribution >= 0.6 is 11.3 Å². The number of carbonyl (C=O) groups excluding carboxylic acids is 1. The van der Waals surface area contributed by atoms with Crippen LogP contribution in [0.4, 0.5) is 5.82 Å². The Morgan fingerprint density at radius 1 is 1.17 bits per heavy atom. The number of nitrogens with zero attached hydrogens (tertiary/aromatic N) is 2. The third kappa shape index (κ3) is 3.60. The number of anilines is 1. The molecule has 0 radical (unpaired) electrons. The van der Waals surface area contributed by atoms with E-state index in [0.29, 0.717) is 23.6 Å². The Labute approximate surface area is 144 Å². The van der Waals surface area contributed by atoms with E-state index in [1.54, 1.807) is 30.4 Å². The van der Waals surface area contributed by atoms with Crippen molar-refractivity contribution >= 4 is 23.1 Å². The molecule has 0 saturated heterocycles. The fourth-order valence-electron chi connectivity index (χ4n) is 2.27. The third-order valence-corrected chi connectivity index (χ3v) is 4.45. The summed E-state index contributed by atoms with van der Waals surface area (Å²) in [5, 5.41) is 6.26. The fourth-order valence-corrected chi connectivity index (χ4v) is 3.09. The molecule has 5 nitrogen and oxygen atoms in total. The van der Waals surface area contributed by atoms with Gasteiger partial charge in [0.1, 0.15) is 10.8 Å². The maximum absolute atomic E-state index is 11.6. The van der Waals surface area contributed by atoms with Gasteiger partial charge in [-0.2, -0.15) is 0 Å². The van der Waals surface area contributed by atoms with Gasteiger partial charge in [0, 0.05) is 10.9 Å². The quantitative estimate of drug-likeness (QED) is 0.714. The van der Waals surface area contributed by atoms with Gasteiger partial charge in [0.05, 0.1) is 30.6 Å². The second-order valence-corrected chi connectivity index (χ2v) is 6.04. The Balaban J connectivity index is 1.67. The zero-order valence-corrected chi connectivity index (χ0v) is 14.3. The van der Waals surface area contributed by atoms with Crippen molar-refractivity contribution in [1.29, 1.82) is 0 Å². The molecule has 24 heavy (non-hydrogen) atoms. The Morgan fingerprint density at radius 2 is 1.96 bits per heavy atom. The normalized spacial score (nSPS) is 10.4. The highest BCUT2D eigenvalue weighted by Crippen LogP contribution is 2.23. The van der Waals surface area contributed by atoms with Crippen LogP contribution < -0.4 is 5.32 Å². The van der Waals surface area contributed by atoms with Crippen LogP contribution in [-0.2, 0) is 11.3 Å². The number of hydrogen-bond donors (Lipinski definition) is 1. The summed E-state index contributed by atoms with van der Waals surface area (Å²) >= 11 is 1.62. The summed E-state index contributed by atoms with van der Waals surface area (Å²) in [7, 11) is 1.36. The molecule has 1 N–H and O–H groups in total. The molecule has 0 saturated carbocycles. The zero-order chi connectivity index (χ0) is 16.9. The first kappa shape index (κ1) is 16.1. The fraction of sp³-hybridized carbons (Fsp3) is 0.167. The Morgan fingerprint density at radius 3 is 2.67 bits per heavy atom. The van der Waals surface area contributed by atoms with Gasteiger partial charge in [-0.3, -0.25) is 0 Å². The summed E-state index contributed by atoms with van der Waals surface area (Å²) in [4.78, 5) is 20.6. The van der Waals surface area contributed by atoms with Crippen molar-refractivity contribution in [3.05, 3.63) is 64.8 Å². The van der Waals surface area contributed by atoms with Crippen molar-refractivity contribution in [2.24, 2.45) is 0 Å². The molecule has 6 heteroatoms. The van der Waals surface area contributed by atoms with E-state index in [-0.39, 0.29) is 5.97 Å². The number of aryl methyl sites for hydroxylation is 1. The van der Waals surface area contributed by atoms with Gasteiger partial charge < -0.3 is 10.1 Å². The van der Waals surface area contributed by atoms with Gasteiger partial charge in [0.15, 0.2) is 0 Å². The van der Waals surface area contributed by atoms with Gasteiger partial charge >= 0.3 is 5.97 Å². The van der Waals surface area contributed by atoms with Crippen LogP contribution in [0.1, 0.15) is 21.7 Å². The largest absolute Gasteiger partial charge is 0.465 e. The maximum atomic E-state index is 11.6. The van der Waals surface area contributed by atoms with Crippen LogP contribution in [0.5, 0.6) is 0 Å². The molecular weight excluding hydrogens is 322 g/mol. The summed E-state index contributed by atoms with van der Waals surface area (Å²) in [6.45, 7) is 2.36. The van der Waals surface area contributed by atoms with Crippen LogP contribution in [0.25, 0.3) is 10.6 Å². The van der Waals surface area contributed by atoms with Crippen LogP contribution in [0.3, 0.4) is 0 Å². The predicted octanol–water partition coefficient (Wildman–Crippen LogP) is 3.91. The number of thiazole rings is 1. The van der Waals surface area contributed by atoms with Crippen LogP contribution in [0, 0.1) is 6.92 Å². The van der Waals surface area contributed by atoms with Gasteiger partial charge in [0.2, 0.25) is 0 Å². The molecule has 2 aromatic heterocycles. The molecule has 0 fully saturated rings. The molecule has 3 aromatic rings. The monoisotopic (exact) mass is 339 g/mol. The maximum Gasteiger partial charge on any atom is 0.339 e. The molecule has 2 heterocycles. The molecule has 0 amide bonds. The van der Waals surface area contributed by atoms with E-state index < -0.39 is 0 Å². The van der Waals surface area contributed by atoms with Gasteiger partial charge in [-0.15, -0.1) is 11.3 Å². The van der Waals surface area contributed by atoms with Gasteiger partial charge in [-0.1, -0.05) is 30.3 Å². The number of hydrogen-bond acceptors (Lipinski definition) is 6. The number of nitrogens with one attached hydrogen (secondary N) is 1. The molecule has 0 atom stereocenters. The van der Waals surface area contributed by atoms with Gasteiger partial charge in [-0.25, -0.2) is 14.8 Å². The molecular formula is C18H17N3O2S. The highest BCUT2D eigenvalue weighted by atomic mass is 32.1. The minimum atomic E-state index is -0.376. The lowest BCUT2D eigenvalue weighted by Gasteiger charge is -2.07. The van der Waals surface area contributed by atoms with E-state index in [0.717, 1.165) is 16.3 Å². The first-order chi connectivity index (χ1) is 11.7. The van der Waals surface area contributed by atoms with E-state index in [4.69, 9.17) is 4.74 Å². The smallest absolute Gasteiger partial charge is 0.339 e. The summed E-state index contributed by atoms with van der Waals surface area (Å²) in [6, 6.07) is 13.6. The SMILES string of the molecule is COC(=O)c1ccc(NCc2csc(-c3ccccc3)n2)nc1C. The van der Waals surface area contributed by atoms with Crippen molar-refractivity contribution in [3.63, 3.8) is 0 Å². The number of ether oxygens (including phenoxy) is 1. The van der Waals surface area contributed by atoms with E-state index in [9.17, 15) is 4.79 Å². The average Bonchev–Trinajstić information content (AvgIpc) is 3.09. The second-order valence-electron chi connectivity index (χ2n) is 5.18. The number of esters is 1. The second kappa shape index (κ2) is 7.23. The predicted molar refractivity (Wildman–Crippen MR) is 95.2 cm³/mol. The summed E-state index contributed by atoms with van der Waals surface area (Å²) in [5.74, 6) is 0.327. The number of aromatic nitrogens is 2. The van der Waals surface area contributed by atoms with Crippen LogP contribution in [0.2, 0.25) is 0 Å². The Bertz CT molecular complexity index is 846. The molecule has 122 valence electrons. The number of carbonyl (C=O) groups is 1. The lowest BCUT2D eigenvalue weighted by atomic mass is 10.2. The van der Waals surface area contributed by atoms with Crippen molar-refractivity contribution in [1.82, 2.24) is 9.97 Å². The van der Waals surface area contributed by atoms with Gasteiger partial charge in [0.25, 0.3) is 0 Å². The zero-order valence-electron chi connectivity index (χ0n) is 13.4. The minimum Gasteiger partial charge on any atom is -0.465 e. The standard InChI is InChI=1S/C18H17N3O2S/c1-12-15(18(22)23-2)8-9-16(20-12)19-10-14-11-24-17(21-14)13-6-4-3-5-7-13/h3-9,11H,10H2,1-2H3,(H,19,20). The average molecular weight is 339 g/mol. The Kier molecular flexibility index (Phi) is 4.86. The van der Waals surface area contributed by atoms with E-state index >= 15 is 0 Å². The summed E-state index contributed by atoms with van der Waals surface area (Å²) in [6.07, 6.45) is 0. The number of rotatable bonds is 5. The summed E-state index contributed by atoms with van der Waals surface area (Å²) < 4.78 is 4.72. The van der Waals surface area contributed by atoms with Crippen LogP contribution in [0.15, 0.2) is 47.8 Å². The molecule has 0 aliphatic heterocycles. The molecule has 0 bridgehead atoms. The number of benzene rings is 1. The molecule has 3 rings (SSSR count). The molecule has 0 aliphatic carbocycles. The molecule has 1 aromatic carbocycles. The Hall–Kier alpha value is -2.73. The summed E-state index contributed by atoms with van der Waals surface area (Å²) in [5.41, 5.74) is 3.18. The highest BCUT2D eigenvalue weighted by Gasteiger charge is 2.11. The highest BCUT2D eigenvalue weighted by molar-refractivity contribution is 7.13. The van der Waals surface area contributed by atoms with E-state index in [1.807, 2.05) is 35.7 Å². The lowest BCUT2D eigenvalue weighted by Crippen LogP contribution is -2.08. The van der Waals surface area contributed by atoms with Crippen molar-refractivity contribution in [2.75, 3.05) is 12.4 Å². The molecule has 0 unspecified atom stereocenters. The van der Waals surface area contributed by atoms with Crippen LogP contribution in [-0.4, -0.2) is 23.0 Å².